The number of benzene rings is 1. The molecule has 88 valence electrons. The third-order valence-electron chi connectivity index (χ3n) is 4.17. The van der Waals surface area contributed by atoms with Gasteiger partial charge in [0, 0.05) is 0 Å². The summed E-state index contributed by atoms with van der Waals surface area (Å²) >= 11 is 0. The van der Waals surface area contributed by atoms with Crippen LogP contribution in [0.4, 0.5) is 0 Å². The quantitative estimate of drug-likeness (QED) is 0.734. The van der Waals surface area contributed by atoms with Crippen molar-refractivity contribution in [2.75, 3.05) is 7.11 Å². The van der Waals surface area contributed by atoms with Crippen LogP contribution >= 0.6 is 0 Å². The molecule has 1 heteroatoms. The number of ether oxygens (including phenoxy) is 1. The van der Waals surface area contributed by atoms with Crippen LogP contribution in [0.2, 0.25) is 0 Å². The largest absolute Gasteiger partial charge is 0.497 e. The third kappa shape index (κ3) is 2.09. The van der Waals surface area contributed by atoms with Gasteiger partial charge in [0.2, 0.25) is 0 Å². The van der Waals surface area contributed by atoms with Crippen LogP contribution in [0.3, 0.4) is 0 Å². The van der Waals surface area contributed by atoms with Crippen molar-refractivity contribution >= 4 is 0 Å². The van der Waals surface area contributed by atoms with Crippen molar-refractivity contribution in [1.29, 1.82) is 0 Å². The Morgan fingerprint density at radius 3 is 2.56 bits per heavy atom. The average molecular weight is 218 g/mol. The molecule has 2 rings (SSSR count). The summed E-state index contributed by atoms with van der Waals surface area (Å²) < 4.78 is 5.34. The topological polar surface area (TPSA) is 9.23 Å². The average Bonchev–Trinajstić information content (AvgIpc) is 2.39. The Hall–Kier alpha value is -0.980. The summed E-state index contributed by atoms with van der Waals surface area (Å²) in [6, 6.07) is 8.67. The minimum absolute atomic E-state index is 0.423. The molecule has 0 N–H and O–H groups in total. The maximum atomic E-state index is 5.34. The Morgan fingerprint density at radius 1 is 1.19 bits per heavy atom. The maximum Gasteiger partial charge on any atom is 0.119 e. The number of rotatable bonds is 3. The van der Waals surface area contributed by atoms with Gasteiger partial charge in [-0.15, -0.1) is 0 Å². The molecule has 0 bridgehead atoms. The van der Waals surface area contributed by atoms with Gasteiger partial charge in [0.05, 0.1) is 7.11 Å². The van der Waals surface area contributed by atoms with Gasteiger partial charge in [-0.25, -0.2) is 0 Å². The Balaban J connectivity index is 2.31. The van der Waals surface area contributed by atoms with Crippen molar-refractivity contribution in [3.63, 3.8) is 0 Å². The summed E-state index contributed by atoms with van der Waals surface area (Å²) in [6.07, 6.45) is 8.11. The Kier molecular flexibility index (Phi) is 3.52. The molecular formula is C15H22O. The highest BCUT2D eigenvalue weighted by atomic mass is 16.5. The fourth-order valence-electron chi connectivity index (χ4n) is 3.03. The predicted octanol–water partition coefficient (Wildman–Crippen LogP) is 4.31. The fourth-order valence-corrected chi connectivity index (χ4v) is 3.03. The van der Waals surface area contributed by atoms with E-state index in [4.69, 9.17) is 4.74 Å². The second-order valence-electron chi connectivity index (χ2n) is 4.93. The smallest absolute Gasteiger partial charge is 0.119 e. The molecule has 1 aliphatic carbocycles. The minimum Gasteiger partial charge on any atom is -0.497 e. The van der Waals surface area contributed by atoms with E-state index in [-0.39, 0.29) is 0 Å². The first-order valence-corrected chi connectivity index (χ1v) is 6.45. The van der Waals surface area contributed by atoms with Crippen molar-refractivity contribution in [2.45, 2.75) is 50.9 Å². The molecule has 16 heavy (non-hydrogen) atoms. The Bertz CT molecular complexity index is 337. The lowest BCUT2D eigenvalue weighted by Crippen LogP contribution is -2.28. The summed E-state index contributed by atoms with van der Waals surface area (Å²) in [5.74, 6) is 0.996. The fraction of sp³-hybridized carbons (Fsp3) is 0.600. The van der Waals surface area contributed by atoms with Gasteiger partial charge in [-0.05, 0) is 42.4 Å². The molecule has 0 heterocycles. The molecule has 0 spiro atoms. The van der Waals surface area contributed by atoms with E-state index in [0.717, 1.165) is 5.75 Å². The second kappa shape index (κ2) is 4.90. The summed E-state index contributed by atoms with van der Waals surface area (Å²) in [7, 11) is 1.75. The first-order chi connectivity index (χ1) is 7.80. The summed E-state index contributed by atoms with van der Waals surface area (Å²) in [5.41, 5.74) is 1.90. The van der Waals surface area contributed by atoms with Gasteiger partial charge in [-0.3, -0.25) is 0 Å². The van der Waals surface area contributed by atoms with Crippen molar-refractivity contribution < 1.29 is 4.74 Å². The maximum absolute atomic E-state index is 5.34. The highest BCUT2D eigenvalue weighted by molar-refractivity contribution is 5.34. The molecule has 1 saturated carbocycles. The van der Waals surface area contributed by atoms with Gasteiger partial charge < -0.3 is 4.74 Å². The molecule has 1 aliphatic rings. The Labute approximate surface area is 98.8 Å². The normalized spacial score (nSPS) is 19.4. The van der Waals surface area contributed by atoms with E-state index < -0.39 is 0 Å². The molecule has 0 saturated heterocycles. The van der Waals surface area contributed by atoms with E-state index in [1.165, 1.54) is 44.1 Å². The first kappa shape index (κ1) is 11.5. The van der Waals surface area contributed by atoms with Crippen molar-refractivity contribution in [3.8, 4) is 5.75 Å². The van der Waals surface area contributed by atoms with E-state index in [1.54, 1.807) is 7.11 Å². The number of hydrogen-bond acceptors (Lipinski definition) is 1. The lowest BCUT2D eigenvalue weighted by Gasteiger charge is -2.37. The van der Waals surface area contributed by atoms with Crippen molar-refractivity contribution in [1.82, 2.24) is 0 Å². The predicted molar refractivity (Wildman–Crippen MR) is 68.0 cm³/mol. The molecule has 0 radical (unpaired) electrons. The van der Waals surface area contributed by atoms with Gasteiger partial charge in [0.25, 0.3) is 0 Å². The first-order valence-electron chi connectivity index (χ1n) is 6.45. The molecule has 0 amide bonds. The molecule has 1 nitrogen and oxygen atoms in total. The van der Waals surface area contributed by atoms with Gasteiger partial charge in [-0.1, -0.05) is 38.3 Å². The zero-order valence-electron chi connectivity index (χ0n) is 10.5. The van der Waals surface area contributed by atoms with Gasteiger partial charge in [0.1, 0.15) is 5.75 Å². The van der Waals surface area contributed by atoms with Gasteiger partial charge in [0.15, 0.2) is 0 Å². The lowest BCUT2D eigenvalue weighted by molar-refractivity contribution is 0.282. The molecule has 0 aromatic heterocycles. The van der Waals surface area contributed by atoms with Gasteiger partial charge >= 0.3 is 0 Å². The zero-order chi connectivity index (χ0) is 11.4. The molecule has 0 atom stereocenters. The lowest BCUT2D eigenvalue weighted by atomic mass is 9.68. The van der Waals surface area contributed by atoms with Crippen LogP contribution in [0.25, 0.3) is 0 Å². The molecule has 1 aromatic carbocycles. The summed E-state index contributed by atoms with van der Waals surface area (Å²) in [4.78, 5) is 0. The van der Waals surface area contributed by atoms with Crippen LogP contribution in [-0.2, 0) is 5.41 Å². The molecule has 0 aliphatic heterocycles. The summed E-state index contributed by atoms with van der Waals surface area (Å²) in [6.45, 7) is 2.32. The number of methoxy groups -OCH3 is 1. The van der Waals surface area contributed by atoms with Crippen LogP contribution < -0.4 is 4.74 Å². The van der Waals surface area contributed by atoms with Gasteiger partial charge in [-0.2, -0.15) is 0 Å². The van der Waals surface area contributed by atoms with Crippen LogP contribution in [0.15, 0.2) is 24.3 Å². The monoisotopic (exact) mass is 218 g/mol. The number of hydrogen-bond donors (Lipinski definition) is 0. The highest BCUT2D eigenvalue weighted by Crippen LogP contribution is 2.42. The van der Waals surface area contributed by atoms with E-state index in [0.29, 0.717) is 5.41 Å². The van der Waals surface area contributed by atoms with E-state index in [2.05, 4.69) is 25.1 Å². The van der Waals surface area contributed by atoms with Crippen LogP contribution in [0.1, 0.15) is 51.0 Å². The molecule has 1 fully saturated rings. The zero-order valence-corrected chi connectivity index (χ0v) is 10.5. The third-order valence-corrected chi connectivity index (χ3v) is 4.17. The Morgan fingerprint density at radius 2 is 1.94 bits per heavy atom. The van der Waals surface area contributed by atoms with Crippen LogP contribution in [0.5, 0.6) is 5.75 Å². The second-order valence-corrected chi connectivity index (χ2v) is 4.93. The van der Waals surface area contributed by atoms with Crippen molar-refractivity contribution in [2.24, 2.45) is 0 Å². The van der Waals surface area contributed by atoms with E-state index >= 15 is 0 Å². The van der Waals surface area contributed by atoms with Crippen molar-refractivity contribution in [3.05, 3.63) is 29.8 Å². The van der Waals surface area contributed by atoms with E-state index in [1.807, 2.05) is 6.07 Å². The minimum atomic E-state index is 0.423. The molecule has 0 unspecified atom stereocenters. The SMILES string of the molecule is CCC1(c2cccc(OC)c2)CCCCC1. The summed E-state index contributed by atoms with van der Waals surface area (Å²) in [5, 5.41) is 0. The van der Waals surface area contributed by atoms with Crippen LogP contribution in [-0.4, -0.2) is 7.11 Å². The molecule has 1 aromatic rings. The standard InChI is InChI=1S/C15H22O/c1-3-15(10-5-4-6-11-15)13-8-7-9-14(12-13)16-2/h7-9,12H,3-6,10-11H2,1-2H3. The van der Waals surface area contributed by atoms with Crippen LogP contribution in [0, 0.1) is 0 Å². The van der Waals surface area contributed by atoms with E-state index in [9.17, 15) is 0 Å². The molecular weight excluding hydrogens is 196 g/mol. The highest BCUT2D eigenvalue weighted by Gasteiger charge is 2.31.